The smallest absolute Gasteiger partial charge is 0.243 e. The third kappa shape index (κ3) is 3.65. The molecule has 1 aromatic carbocycles. The number of hydrogen-bond acceptors (Lipinski definition) is 6. The van der Waals surface area contributed by atoms with E-state index in [-0.39, 0.29) is 0 Å². The topological polar surface area (TPSA) is 66.4 Å². The molecule has 3 heterocycles. The maximum atomic E-state index is 13.3. The highest BCUT2D eigenvalue weighted by Gasteiger charge is 2.28. The zero-order chi connectivity index (χ0) is 19.8. The summed E-state index contributed by atoms with van der Waals surface area (Å²) in [6.07, 6.45) is 6.95. The second-order valence-electron chi connectivity index (χ2n) is 7.71. The number of aromatic nitrogens is 2. The van der Waals surface area contributed by atoms with Gasteiger partial charge in [0.15, 0.2) is 5.13 Å². The summed E-state index contributed by atoms with van der Waals surface area (Å²) in [7, 11) is -3.47. The Bertz CT molecular complexity index is 1110. The van der Waals surface area contributed by atoms with Crippen molar-refractivity contribution in [3.05, 3.63) is 47.7 Å². The van der Waals surface area contributed by atoms with Gasteiger partial charge in [-0.25, -0.2) is 18.4 Å². The molecule has 29 heavy (non-hydrogen) atoms. The van der Waals surface area contributed by atoms with Gasteiger partial charge in [-0.3, -0.25) is 0 Å². The van der Waals surface area contributed by atoms with Crippen LogP contribution < -0.4 is 4.90 Å². The van der Waals surface area contributed by atoms with Gasteiger partial charge >= 0.3 is 0 Å². The quantitative estimate of drug-likeness (QED) is 0.639. The third-order valence-electron chi connectivity index (χ3n) is 5.84. The second-order valence-corrected chi connectivity index (χ2v) is 10.6. The number of aryl methyl sites for hydroxylation is 2. The van der Waals surface area contributed by atoms with E-state index in [0.717, 1.165) is 47.7 Å². The molecule has 0 saturated carbocycles. The van der Waals surface area contributed by atoms with Gasteiger partial charge in [-0.05, 0) is 67.5 Å². The molecule has 0 unspecified atom stereocenters. The zero-order valence-electron chi connectivity index (χ0n) is 16.2. The van der Waals surface area contributed by atoms with Crippen LogP contribution in [0.5, 0.6) is 0 Å². The van der Waals surface area contributed by atoms with Crippen LogP contribution in [-0.2, 0) is 22.9 Å². The molecule has 0 N–H and O–H groups in total. The largest absolute Gasteiger partial charge is 0.347 e. The van der Waals surface area contributed by atoms with Crippen LogP contribution in [0.1, 0.15) is 30.4 Å². The molecule has 152 valence electrons. The Labute approximate surface area is 175 Å². The van der Waals surface area contributed by atoms with E-state index in [1.165, 1.54) is 17.5 Å². The zero-order valence-corrected chi connectivity index (χ0v) is 17.9. The number of anilines is 1. The van der Waals surface area contributed by atoms with Crippen molar-refractivity contribution in [3.63, 3.8) is 0 Å². The van der Waals surface area contributed by atoms with E-state index in [1.807, 2.05) is 24.3 Å². The number of sulfonamides is 1. The summed E-state index contributed by atoms with van der Waals surface area (Å²) in [4.78, 5) is 12.6. The minimum atomic E-state index is -3.47. The summed E-state index contributed by atoms with van der Waals surface area (Å²) in [5, 5.41) is 0.923. The summed E-state index contributed by atoms with van der Waals surface area (Å²) in [5.74, 6) is 0. The van der Waals surface area contributed by atoms with E-state index in [9.17, 15) is 8.42 Å². The standard InChI is InChI=1S/C21H24N4O2S2/c26-29(27,18-9-8-16-5-1-2-6-17(16)15-18)25-12-4-11-24(13-14-25)21-23-19-7-3-10-22-20(19)28-21/h3,7-10,15H,1-2,4-6,11-14H2. The van der Waals surface area contributed by atoms with Gasteiger partial charge < -0.3 is 4.90 Å². The summed E-state index contributed by atoms with van der Waals surface area (Å²) in [6.45, 7) is 2.46. The Hall–Kier alpha value is -2.03. The molecule has 0 amide bonds. The van der Waals surface area contributed by atoms with E-state index in [2.05, 4.69) is 14.9 Å². The van der Waals surface area contributed by atoms with Crippen molar-refractivity contribution in [2.24, 2.45) is 0 Å². The van der Waals surface area contributed by atoms with Crippen LogP contribution in [0.4, 0.5) is 5.13 Å². The van der Waals surface area contributed by atoms with Gasteiger partial charge in [0.2, 0.25) is 10.0 Å². The molecule has 6 nitrogen and oxygen atoms in total. The molecule has 1 aliphatic carbocycles. The lowest BCUT2D eigenvalue weighted by Gasteiger charge is -2.23. The van der Waals surface area contributed by atoms with E-state index < -0.39 is 10.0 Å². The van der Waals surface area contributed by atoms with Gasteiger partial charge in [0, 0.05) is 32.4 Å². The summed E-state index contributed by atoms with van der Waals surface area (Å²) in [5.41, 5.74) is 3.41. The van der Waals surface area contributed by atoms with Gasteiger partial charge in [-0.2, -0.15) is 4.31 Å². The molecule has 2 aliphatic rings. The van der Waals surface area contributed by atoms with E-state index >= 15 is 0 Å². The Balaban J connectivity index is 1.35. The van der Waals surface area contributed by atoms with Crippen molar-refractivity contribution in [2.75, 3.05) is 31.1 Å². The number of fused-ring (bicyclic) bond motifs is 2. The fourth-order valence-electron chi connectivity index (χ4n) is 4.24. The van der Waals surface area contributed by atoms with Crippen molar-refractivity contribution < 1.29 is 8.42 Å². The highest BCUT2D eigenvalue weighted by molar-refractivity contribution is 7.89. The maximum absolute atomic E-state index is 13.3. The lowest BCUT2D eigenvalue weighted by Crippen LogP contribution is -2.35. The Morgan fingerprint density at radius 2 is 1.79 bits per heavy atom. The molecule has 0 bridgehead atoms. The molecule has 1 fully saturated rings. The van der Waals surface area contributed by atoms with Crippen molar-refractivity contribution in [1.29, 1.82) is 0 Å². The first kappa shape index (κ1) is 19.0. The van der Waals surface area contributed by atoms with Gasteiger partial charge in [-0.1, -0.05) is 17.4 Å². The number of pyridine rings is 1. The lowest BCUT2D eigenvalue weighted by atomic mass is 9.92. The number of rotatable bonds is 3. The predicted molar refractivity (Wildman–Crippen MR) is 116 cm³/mol. The fraction of sp³-hybridized carbons (Fsp3) is 0.429. The normalized spacial score (nSPS) is 18.6. The SMILES string of the molecule is O=S(=O)(c1ccc2c(c1)CCCC2)N1CCCN(c2nc3cccnc3s2)CC1. The van der Waals surface area contributed by atoms with Crippen molar-refractivity contribution >= 4 is 36.8 Å². The van der Waals surface area contributed by atoms with Crippen LogP contribution in [0, 0.1) is 0 Å². The van der Waals surface area contributed by atoms with Crippen molar-refractivity contribution in [1.82, 2.24) is 14.3 Å². The fourth-order valence-corrected chi connectivity index (χ4v) is 6.72. The van der Waals surface area contributed by atoms with E-state index in [4.69, 9.17) is 0 Å². The van der Waals surface area contributed by atoms with Crippen LogP contribution in [0.25, 0.3) is 10.3 Å². The summed E-state index contributed by atoms with van der Waals surface area (Å²) in [6, 6.07) is 9.57. The molecular formula is C21H24N4O2S2. The predicted octanol–water partition coefficient (Wildman–Crippen LogP) is 3.47. The Morgan fingerprint density at radius 1 is 0.931 bits per heavy atom. The monoisotopic (exact) mass is 428 g/mol. The van der Waals surface area contributed by atoms with E-state index in [1.54, 1.807) is 27.9 Å². The van der Waals surface area contributed by atoms with Gasteiger partial charge in [0.25, 0.3) is 0 Å². The Morgan fingerprint density at radius 3 is 2.66 bits per heavy atom. The molecule has 1 aliphatic heterocycles. The van der Waals surface area contributed by atoms with Crippen LogP contribution >= 0.6 is 11.3 Å². The minimum Gasteiger partial charge on any atom is -0.347 e. The average molecular weight is 429 g/mol. The van der Waals surface area contributed by atoms with Gasteiger partial charge in [0.05, 0.1) is 4.90 Å². The van der Waals surface area contributed by atoms with Crippen molar-refractivity contribution in [2.45, 2.75) is 37.0 Å². The maximum Gasteiger partial charge on any atom is 0.243 e. The molecule has 3 aromatic rings. The van der Waals surface area contributed by atoms with Gasteiger partial charge in [0.1, 0.15) is 10.3 Å². The average Bonchev–Trinajstić information content (AvgIpc) is 3.01. The van der Waals surface area contributed by atoms with Crippen LogP contribution in [0.15, 0.2) is 41.4 Å². The van der Waals surface area contributed by atoms with Crippen molar-refractivity contribution in [3.8, 4) is 0 Å². The number of nitrogens with zero attached hydrogens (tertiary/aromatic N) is 4. The molecule has 0 atom stereocenters. The minimum absolute atomic E-state index is 0.441. The molecule has 0 radical (unpaired) electrons. The third-order valence-corrected chi connectivity index (χ3v) is 8.77. The van der Waals surface area contributed by atoms with Gasteiger partial charge in [-0.15, -0.1) is 0 Å². The van der Waals surface area contributed by atoms with Crippen LogP contribution in [0.2, 0.25) is 0 Å². The highest BCUT2D eigenvalue weighted by atomic mass is 32.2. The summed E-state index contributed by atoms with van der Waals surface area (Å²) >= 11 is 1.57. The number of hydrogen-bond donors (Lipinski definition) is 0. The highest BCUT2D eigenvalue weighted by Crippen LogP contribution is 2.29. The molecule has 0 spiro atoms. The van der Waals surface area contributed by atoms with E-state index in [0.29, 0.717) is 24.5 Å². The lowest BCUT2D eigenvalue weighted by molar-refractivity contribution is 0.433. The first-order chi connectivity index (χ1) is 14.1. The molecular weight excluding hydrogens is 404 g/mol. The first-order valence-corrected chi connectivity index (χ1v) is 12.5. The molecule has 2 aromatic heterocycles. The number of thiazole rings is 1. The Kier molecular flexibility index (Phi) is 5.01. The van der Waals surface area contributed by atoms with Crippen LogP contribution in [0.3, 0.4) is 0 Å². The van der Waals surface area contributed by atoms with Crippen LogP contribution in [-0.4, -0.2) is 48.9 Å². The summed E-state index contributed by atoms with van der Waals surface area (Å²) < 4.78 is 28.2. The number of benzene rings is 1. The molecule has 5 rings (SSSR count). The molecule has 1 saturated heterocycles. The first-order valence-electron chi connectivity index (χ1n) is 10.2. The second kappa shape index (κ2) is 7.66. The molecule has 8 heteroatoms.